The van der Waals surface area contributed by atoms with Gasteiger partial charge in [-0.05, 0) is 36.8 Å². The van der Waals surface area contributed by atoms with Crippen LogP contribution in [0.2, 0.25) is 0 Å². The summed E-state index contributed by atoms with van der Waals surface area (Å²) in [5.74, 6) is 0.299. The predicted molar refractivity (Wildman–Crippen MR) is 73.9 cm³/mol. The Kier molecular flexibility index (Phi) is 4.42. The van der Waals surface area contributed by atoms with Gasteiger partial charge in [0.25, 0.3) is 0 Å². The molecule has 5 heteroatoms. The van der Waals surface area contributed by atoms with Crippen molar-refractivity contribution >= 4 is 5.97 Å². The Hall–Kier alpha value is -2.27. The minimum Gasteiger partial charge on any atom is -0.497 e. The van der Waals surface area contributed by atoms with Crippen molar-refractivity contribution < 1.29 is 19.1 Å². The molecule has 0 aliphatic carbocycles. The minimum absolute atomic E-state index is 0.0455. The van der Waals surface area contributed by atoms with E-state index in [-0.39, 0.29) is 11.8 Å². The number of benzene rings is 1. The van der Waals surface area contributed by atoms with E-state index in [9.17, 15) is 4.79 Å². The van der Waals surface area contributed by atoms with Crippen LogP contribution in [0.25, 0.3) is 0 Å². The van der Waals surface area contributed by atoms with Gasteiger partial charge in [0.1, 0.15) is 11.5 Å². The highest BCUT2D eigenvalue weighted by atomic mass is 16.5. The van der Waals surface area contributed by atoms with E-state index in [1.807, 2.05) is 31.2 Å². The van der Waals surface area contributed by atoms with E-state index < -0.39 is 5.97 Å². The smallest absolute Gasteiger partial charge is 0.371 e. The van der Waals surface area contributed by atoms with Gasteiger partial charge in [0.05, 0.1) is 13.7 Å². The summed E-state index contributed by atoms with van der Waals surface area (Å²) < 4.78 is 10.4. The number of carboxylic acid groups (broad SMARTS) is 1. The average Bonchev–Trinajstić information content (AvgIpc) is 2.94. The number of carbonyl (C=O) groups is 1. The largest absolute Gasteiger partial charge is 0.497 e. The van der Waals surface area contributed by atoms with Crippen molar-refractivity contribution in [2.24, 2.45) is 0 Å². The molecule has 0 aliphatic heterocycles. The fourth-order valence-corrected chi connectivity index (χ4v) is 1.87. The van der Waals surface area contributed by atoms with Crippen molar-refractivity contribution in [3.63, 3.8) is 0 Å². The molecule has 0 spiro atoms. The Morgan fingerprint density at radius 3 is 2.85 bits per heavy atom. The van der Waals surface area contributed by atoms with Gasteiger partial charge in [0.15, 0.2) is 0 Å². The lowest BCUT2D eigenvalue weighted by Gasteiger charge is -2.14. The van der Waals surface area contributed by atoms with Gasteiger partial charge >= 0.3 is 5.97 Å². The molecule has 20 heavy (non-hydrogen) atoms. The highest BCUT2D eigenvalue weighted by molar-refractivity contribution is 5.84. The van der Waals surface area contributed by atoms with Crippen LogP contribution in [0, 0.1) is 0 Å². The SMILES string of the molecule is COc1cccc([C@H](C)NCc2ccc(C(=O)O)o2)c1. The summed E-state index contributed by atoms with van der Waals surface area (Å²) in [5.41, 5.74) is 1.09. The van der Waals surface area contributed by atoms with Crippen LogP contribution in [0.1, 0.15) is 34.8 Å². The zero-order valence-corrected chi connectivity index (χ0v) is 11.4. The third-order valence-electron chi connectivity index (χ3n) is 3.05. The van der Waals surface area contributed by atoms with Crippen molar-refractivity contribution in [3.8, 4) is 5.75 Å². The number of furan rings is 1. The first kappa shape index (κ1) is 14.1. The van der Waals surface area contributed by atoms with Gasteiger partial charge in [0, 0.05) is 6.04 Å². The Balaban J connectivity index is 1.96. The summed E-state index contributed by atoms with van der Waals surface area (Å²) in [6, 6.07) is 11.0. The fourth-order valence-electron chi connectivity index (χ4n) is 1.87. The number of hydrogen-bond donors (Lipinski definition) is 2. The summed E-state index contributed by atoms with van der Waals surface area (Å²) in [7, 11) is 1.63. The molecule has 0 amide bonds. The summed E-state index contributed by atoms with van der Waals surface area (Å²) in [5, 5.41) is 12.1. The molecular formula is C15H17NO4. The van der Waals surface area contributed by atoms with Crippen molar-refractivity contribution in [1.29, 1.82) is 0 Å². The second-order valence-electron chi connectivity index (χ2n) is 4.45. The molecule has 2 N–H and O–H groups in total. The maximum Gasteiger partial charge on any atom is 0.371 e. The van der Waals surface area contributed by atoms with Crippen molar-refractivity contribution in [2.45, 2.75) is 19.5 Å². The first-order valence-electron chi connectivity index (χ1n) is 6.29. The van der Waals surface area contributed by atoms with Crippen molar-refractivity contribution in [1.82, 2.24) is 5.32 Å². The molecule has 0 unspecified atom stereocenters. The Morgan fingerprint density at radius 1 is 1.40 bits per heavy atom. The van der Waals surface area contributed by atoms with E-state index in [0.29, 0.717) is 12.3 Å². The van der Waals surface area contributed by atoms with Crippen molar-refractivity contribution in [2.75, 3.05) is 7.11 Å². The molecule has 106 valence electrons. The molecular weight excluding hydrogens is 258 g/mol. The van der Waals surface area contributed by atoms with E-state index in [1.54, 1.807) is 13.2 Å². The molecule has 0 aliphatic rings. The number of methoxy groups -OCH3 is 1. The molecule has 5 nitrogen and oxygen atoms in total. The Labute approximate surface area is 117 Å². The molecule has 2 aromatic rings. The number of nitrogens with one attached hydrogen (secondary N) is 1. The van der Waals surface area contributed by atoms with Gasteiger partial charge in [-0.2, -0.15) is 0 Å². The Bertz CT molecular complexity index is 591. The minimum atomic E-state index is -1.06. The van der Waals surface area contributed by atoms with Crippen LogP contribution in [-0.2, 0) is 6.54 Å². The third-order valence-corrected chi connectivity index (χ3v) is 3.05. The summed E-state index contributed by atoms with van der Waals surface area (Å²) in [6.45, 7) is 2.49. The molecule has 0 fully saturated rings. The topological polar surface area (TPSA) is 71.7 Å². The zero-order valence-electron chi connectivity index (χ0n) is 11.4. The van der Waals surface area contributed by atoms with Crippen LogP contribution in [0.4, 0.5) is 0 Å². The van der Waals surface area contributed by atoms with Crippen molar-refractivity contribution in [3.05, 3.63) is 53.5 Å². The number of aromatic carboxylic acids is 1. The van der Waals surface area contributed by atoms with Gasteiger partial charge in [-0.15, -0.1) is 0 Å². The maximum atomic E-state index is 10.7. The molecule has 0 radical (unpaired) electrons. The lowest BCUT2D eigenvalue weighted by atomic mass is 10.1. The second-order valence-corrected chi connectivity index (χ2v) is 4.45. The molecule has 2 rings (SSSR count). The monoisotopic (exact) mass is 275 g/mol. The van der Waals surface area contributed by atoms with E-state index in [2.05, 4.69) is 5.32 Å². The predicted octanol–water partition coefficient (Wildman–Crippen LogP) is 2.84. The van der Waals surface area contributed by atoms with Crippen LogP contribution in [0.3, 0.4) is 0 Å². The molecule has 1 aromatic carbocycles. The molecule has 0 bridgehead atoms. The van der Waals surface area contributed by atoms with Crippen LogP contribution in [0.5, 0.6) is 5.75 Å². The van der Waals surface area contributed by atoms with Gasteiger partial charge in [-0.25, -0.2) is 4.79 Å². The number of hydrogen-bond acceptors (Lipinski definition) is 4. The van der Waals surface area contributed by atoms with E-state index in [0.717, 1.165) is 11.3 Å². The number of carboxylic acids is 1. The second kappa shape index (κ2) is 6.25. The average molecular weight is 275 g/mol. The fraction of sp³-hybridized carbons (Fsp3) is 0.267. The summed E-state index contributed by atoms with van der Waals surface area (Å²) in [4.78, 5) is 10.7. The standard InChI is InChI=1S/C15H17NO4/c1-10(11-4-3-5-12(8-11)19-2)16-9-13-6-7-14(20-13)15(17)18/h3-8,10,16H,9H2,1-2H3,(H,17,18)/t10-/m0/s1. The molecule has 0 saturated carbocycles. The lowest BCUT2D eigenvalue weighted by Crippen LogP contribution is -2.17. The Morgan fingerprint density at radius 2 is 2.20 bits per heavy atom. The van der Waals surface area contributed by atoms with Gasteiger partial charge in [-0.3, -0.25) is 0 Å². The first-order chi connectivity index (χ1) is 9.60. The van der Waals surface area contributed by atoms with Gasteiger partial charge in [-0.1, -0.05) is 12.1 Å². The van der Waals surface area contributed by atoms with E-state index >= 15 is 0 Å². The zero-order chi connectivity index (χ0) is 14.5. The summed E-state index contributed by atoms with van der Waals surface area (Å²) in [6.07, 6.45) is 0. The van der Waals surface area contributed by atoms with Crippen LogP contribution in [0.15, 0.2) is 40.8 Å². The highest BCUT2D eigenvalue weighted by Gasteiger charge is 2.10. The highest BCUT2D eigenvalue weighted by Crippen LogP contribution is 2.19. The lowest BCUT2D eigenvalue weighted by molar-refractivity contribution is 0.0660. The van der Waals surface area contributed by atoms with Gasteiger partial charge < -0.3 is 19.6 Å². The maximum absolute atomic E-state index is 10.7. The molecule has 0 saturated heterocycles. The van der Waals surface area contributed by atoms with Crippen LogP contribution >= 0.6 is 0 Å². The van der Waals surface area contributed by atoms with Crippen LogP contribution in [-0.4, -0.2) is 18.2 Å². The quantitative estimate of drug-likeness (QED) is 0.848. The molecule has 1 atom stereocenters. The molecule has 1 heterocycles. The first-order valence-corrected chi connectivity index (χ1v) is 6.29. The normalized spacial score (nSPS) is 12.1. The number of rotatable bonds is 6. The van der Waals surface area contributed by atoms with E-state index in [1.165, 1.54) is 6.07 Å². The number of ether oxygens (including phenoxy) is 1. The van der Waals surface area contributed by atoms with E-state index in [4.69, 9.17) is 14.3 Å². The molecule has 1 aromatic heterocycles. The van der Waals surface area contributed by atoms with Gasteiger partial charge in [0.2, 0.25) is 5.76 Å². The van der Waals surface area contributed by atoms with Crippen LogP contribution < -0.4 is 10.1 Å². The summed E-state index contributed by atoms with van der Waals surface area (Å²) >= 11 is 0. The third kappa shape index (κ3) is 3.39.